The second-order valence-corrected chi connectivity index (χ2v) is 4.85. The fourth-order valence-corrected chi connectivity index (χ4v) is 2.50. The van der Waals surface area contributed by atoms with Gasteiger partial charge < -0.3 is 16.2 Å². The van der Waals surface area contributed by atoms with Crippen LogP contribution in [0.1, 0.15) is 11.3 Å². The van der Waals surface area contributed by atoms with Crippen LogP contribution in [0.25, 0.3) is 10.9 Å². The van der Waals surface area contributed by atoms with Crippen molar-refractivity contribution in [2.75, 3.05) is 6.54 Å². The highest BCUT2D eigenvalue weighted by atomic mass is 19.4. The summed E-state index contributed by atoms with van der Waals surface area (Å²) < 4.78 is 33.4. The molecule has 2 heterocycles. The van der Waals surface area contributed by atoms with Crippen LogP contribution in [0.5, 0.6) is 0 Å². The van der Waals surface area contributed by atoms with Crippen molar-refractivity contribution in [3.05, 3.63) is 35.5 Å². The minimum absolute atomic E-state index is 0.402. The topological polar surface area (TPSA) is 97.4 Å². The number of carbonyl (C=O) groups excluding carboxylic acids is 1. The number of hydrogen-bond donors (Lipinski definition) is 3. The molecule has 0 aliphatic carbocycles. The molecule has 0 bridgehead atoms. The number of nitrogens with one attached hydrogen (secondary N) is 1. The molecule has 2 aromatic rings. The minimum atomic E-state index is -5.08. The molecular weight excluding hydrogens is 315 g/mol. The Morgan fingerprint density at radius 1 is 1.26 bits per heavy atom. The zero-order valence-electron chi connectivity index (χ0n) is 11.9. The molecule has 23 heavy (non-hydrogen) atoms. The Morgan fingerprint density at radius 2 is 1.87 bits per heavy atom. The van der Waals surface area contributed by atoms with Gasteiger partial charge in [0.15, 0.2) is 0 Å². The van der Waals surface area contributed by atoms with E-state index in [1.54, 1.807) is 4.57 Å². The highest BCUT2D eigenvalue weighted by molar-refractivity contribution is 5.95. The average molecular weight is 329 g/mol. The lowest BCUT2D eigenvalue weighted by atomic mass is 10.1. The van der Waals surface area contributed by atoms with Crippen molar-refractivity contribution in [3.8, 4) is 0 Å². The van der Waals surface area contributed by atoms with Crippen LogP contribution in [0, 0.1) is 0 Å². The van der Waals surface area contributed by atoms with E-state index in [0.717, 1.165) is 29.6 Å². The molecule has 6 nitrogen and oxygen atoms in total. The van der Waals surface area contributed by atoms with E-state index >= 15 is 0 Å². The first-order valence-corrected chi connectivity index (χ1v) is 6.65. The second kappa shape index (κ2) is 6.29. The number of carboxylic acids is 1. The standard InChI is InChI=1S/C12H13N3O.C2HF3O2/c13-12(16)15-10-4-2-1-3-8(10)9-5-6-14-7-11(9)15;3-2(4,5)1(6)7/h1-4,14H,5-7H2,(H2,13,16);(H,6,7). The molecule has 1 aromatic heterocycles. The molecule has 1 aliphatic rings. The van der Waals surface area contributed by atoms with Gasteiger partial charge >= 0.3 is 18.2 Å². The molecule has 0 fully saturated rings. The number of alkyl halides is 3. The minimum Gasteiger partial charge on any atom is -0.475 e. The summed E-state index contributed by atoms with van der Waals surface area (Å²) in [6.45, 7) is 1.67. The van der Waals surface area contributed by atoms with Crippen LogP contribution < -0.4 is 11.1 Å². The van der Waals surface area contributed by atoms with Gasteiger partial charge in [0.1, 0.15) is 0 Å². The fraction of sp³-hybridized carbons (Fsp3) is 0.286. The van der Waals surface area contributed by atoms with Gasteiger partial charge in [-0.1, -0.05) is 18.2 Å². The Morgan fingerprint density at radius 3 is 2.43 bits per heavy atom. The highest BCUT2D eigenvalue weighted by Crippen LogP contribution is 2.27. The van der Waals surface area contributed by atoms with Crippen LogP contribution in [0.4, 0.5) is 18.0 Å². The van der Waals surface area contributed by atoms with E-state index in [1.807, 2.05) is 18.2 Å². The first-order chi connectivity index (χ1) is 10.7. The lowest BCUT2D eigenvalue weighted by Crippen LogP contribution is -2.29. The SMILES string of the molecule is NC(=O)n1c2c(c3ccccc31)CCNC2.O=C(O)C(F)(F)F. The van der Waals surface area contributed by atoms with E-state index in [-0.39, 0.29) is 0 Å². The van der Waals surface area contributed by atoms with Crippen molar-refractivity contribution in [3.63, 3.8) is 0 Å². The number of rotatable bonds is 0. The predicted molar refractivity (Wildman–Crippen MR) is 76.0 cm³/mol. The molecule has 0 unspecified atom stereocenters. The van der Waals surface area contributed by atoms with Gasteiger partial charge in [-0.3, -0.25) is 4.57 Å². The number of carboxylic acid groups (broad SMARTS) is 1. The molecule has 0 radical (unpaired) electrons. The number of nitrogens with zero attached hydrogens (tertiary/aromatic N) is 1. The third kappa shape index (κ3) is 3.45. The number of hydrogen-bond acceptors (Lipinski definition) is 3. The van der Waals surface area contributed by atoms with Crippen molar-refractivity contribution in [1.29, 1.82) is 0 Å². The molecule has 9 heteroatoms. The summed E-state index contributed by atoms with van der Waals surface area (Å²) in [4.78, 5) is 20.4. The summed E-state index contributed by atoms with van der Waals surface area (Å²) in [7, 11) is 0. The Balaban J connectivity index is 0.000000236. The maximum absolute atomic E-state index is 11.5. The summed E-state index contributed by atoms with van der Waals surface area (Å²) in [5.74, 6) is -2.76. The normalized spacial score (nSPS) is 13.9. The van der Waals surface area contributed by atoms with Gasteiger partial charge in [-0.25, -0.2) is 9.59 Å². The Bertz CT molecular complexity index is 753. The number of para-hydroxylation sites is 1. The van der Waals surface area contributed by atoms with Crippen molar-refractivity contribution < 1.29 is 27.9 Å². The molecule has 0 saturated carbocycles. The van der Waals surface area contributed by atoms with Gasteiger partial charge in [0, 0.05) is 17.6 Å². The average Bonchev–Trinajstić information content (AvgIpc) is 2.81. The first-order valence-electron chi connectivity index (χ1n) is 6.65. The number of carbonyl (C=O) groups is 2. The van der Waals surface area contributed by atoms with E-state index in [2.05, 4.69) is 11.4 Å². The van der Waals surface area contributed by atoms with Crippen LogP contribution in [0.2, 0.25) is 0 Å². The summed E-state index contributed by atoms with van der Waals surface area (Å²) in [5, 5.41) is 11.5. The number of halogens is 3. The summed E-state index contributed by atoms with van der Waals surface area (Å²) >= 11 is 0. The lowest BCUT2D eigenvalue weighted by Gasteiger charge is -2.15. The molecule has 1 aliphatic heterocycles. The number of benzene rings is 1. The van der Waals surface area contributed by atoms with Crippen molar-refractivity contribution in [1.82, 2.24) is 9.88 Å². The number of fused-ring (bicyclic) bond motifs is 3. The van der Waals surface area contributed by atoms with Gasteiger partial charge in [-0.05, 0) is 24.6 Å². The second-order valence-electron chi connectivity index (χ2n) is 4.85. The van der Waals surface area contributed by atoms with E-state index in [9.17, 15) is 18.0 Å². The van der Waals surface area contributed by atoms with Crippen LogP contribution in [0.3, 0.4) is 0 Å². The van der Waals surface area contributed by atoms with Crippen molar-refractivity contribution in [2.45, 2.75) is 19.1 Å². The van der Waals surface area contributed by atoms with E-state index in [4.69, 9.17) is 15.6 Å². The Kier molecular flexibility index (Phi) is 4.60. The molecule has 124 valence electrons. The van der Waals surface area contributed by atoms with Crippen LogP contribution >= 0.6 is 0 Å². The number of amides is 1. The largest absolute Gasteiger partial charge is 0.490 e. The number of primary amides is 1. The third-order valence-electron chi connectivity index (χ3n) is 3.40. The molecule has 1 amide bonds. The van der Waals surface area contributed by atoms with Crippen molar-refractivity contribution >= 4 is 22.9 Å². The number of aliphatic carboxylic acids is 1. The zero-order valence-corrected chi connectivity index (χ0v) is 11.9. The molecule has 1 aromatic carbocycles. The molecule has 0 saturated heterocycles. The maximum Gasteiger partial charge on any atom is 0.490 e. The molecule has 0 atom stereocenters. The highest BCUT2D eigenvalue weighted by Gasteiger charge is 2.38. The van der Waals surface area contributed by atoms with E-state index < -0.39 is 18.2 Å². The summed E-state index contributed by atoms with van der Waals surface area (Å²) in [5.41, 5.74) is 8.64. The quantitative estimate of drug-likeness (QED) is 0.687. The van der Waals surface area contributed by atoms with Gasteiger partial charge in [-0.15, -0.1) is 0 Å². The van der Waals surface area contributed by atoms with Gasteiger partial charge in [0.05, 0.1) is 5.52 Å². The fourth-order valence-electron chi connectivity index (χ4n) is 2.50. The smallest absolute Gasteiger partial charge is 0.475 e. The molecule has 3 rings (SSSR count). The first kappa shape index (κ1) is 16.8. The van der Waals surface area contributed by atoms with Gasteiger partial charge in [0.25, 0.3) is 0 Å². The van der Waals surface area contributed by atoms with Crippen LogP contribution in [0.15, 0.2) is 24.3 Å². The van der Waals surface area contributed by atoms with Crippen molar-refractivity contribution in [2.24, 2.45) is 5.73 Å². The Hall–Kier alpha value is -2.55. The molecular formula is C14H14F3N3O3. The number of nitrogens with two attached hydrogens (primary N) is 1. The molecule has 0 spiro atoms. The van der Waals surface area contributed by atoms with E-state index in [1.165, 1.54) is 5.56 Å². The molecule has 4 N–H and O–H groups in total. The maximum atomic E-state index is 11.5. The van der Waals surface area contributed by atoms with E-state index in [0.29, 0.717) is 6.54 Å². The number of aromatic nitrogens is 1. The predicted octanol–water partition coefficient (Wildman–Crippen LogP) is 1.85. The lowest BCUT2D eigenvalue weighted by molar-refractivity contribution is -0.192. The van der Waals surface area contributed by atoms with Crippen LogP contribution in [-0.2, 0) is 17.8 Å². The Labute approximate surface area is 128 Å². The van der Waals surface area contributed by atoms with Gasteiger partial charge in [-0.2, -0.15) is 13.2 Å². The summed E-state index contributed by atoms with van der Waals surface area (Å²) in [6, 6.07) is 7.52. The third-order valence-corrected chi connectivity index (χ3v) is 3.40. The monoisotopic (exact) mass is 329 g/mol. The van der Waals surface area contributed by atoms with Gasteiger partial charge in [0.2, 0.25) is 0 Å². The summed E-state index contributed by atoms with van der Waals surface area (Å²) in [6.07, 6.45) is -4.13. The zero-order chi connectivity index (χ0) is 17.2. The van der Waals surface area contributed by atoms with Crippen LogP contribution in [-0.4, -0.2) is 34.4 Å².